The molecule has 0 amide bonds. The maximum absolute atomic E-state index is 15.1. The van der Waals surface area contributed by atoms with Crippen LogP contribution in [0, 0.1) is 5.82 Å². The third-order valence-corrected chi connectivity index (χ3v) is 5.55. The van der Waals surface area contributed by atoms with E-state index in [1.807, 2.05) is 18.2 Å². The number of hydrogen-bond acceptors (Lipinski definition) is 6. The van der Waals surface area contributed by atoms with Crippen LogP contribution in [0.15, 0.2) is 54.9 Å². The Morgan fingerprint density at radius 2 is 1.81 bits per heavy atom. The Kier molecular flexibility index (Phi) is 4.82. The smallest absolute Gasteiger partial charge is 0.164 e. The molecule has 2 N–H and O–H groups in total. The van der Waals surface area contributed by atoms with Crippen LogP contribution in [-0.4, -0.2) is 25.5 Å². The van der Waals surface area contributed by atoms with Crippen LogP contribution < -0.4 is 10.5 Å². The standard InChI is InChI=1S/C23H20FN5O2/c24-19-12-17(31-16-4-2-1-3-5-16)10-11-18(19)21-20-22(25)26-13-27-23(20)29(28-21)14-6-8-15(30)9-7-14/h1-5,10-14H,6-9H2,(H2,25,26,27). The van der Waals surface area contributed by atoms with Crippen molar-refractivity contribution in [1.82, 2.24) is 19.7 Å². The molecule has 5 rings (SSSR count). The average Bonchev–Trinajstić information content (AvgIpc) is 3.16. The highest BCUT2D eigenvalue weighted by Gasteiger charge is 2.26. The number of nitrogens with two attached hydrogens (primary N) is 1. The van der Waals surface area contributed by atoms with Gasteiger partial charge in [0.1, 0.15) is 40.9 Å². The summed E-state index contributed by atoms with van der Waals surface area (Å²) in [7, 11) is 0. The lowest BCUT2D eigenvalue weighted by Crippen LogP contribution is -2.19. The number of aromatic nitrogens is 4. The molecule has 2 aromatic carbocycles. The van der Waals surface area contributed by atoms with E-state index in [4.69, 9.17) is 10.5 Å². The van der Waals surface area contributed by atoms with E-state index in [0.29, 0.717) is 53.9 Å². The van der Waals surface area contributed by atoms with Crippen molar-refractivity contribution in [3.63, 3.8) is 0 Å². The van der Waals surface area contributed by atoms with Gasteiger partial charge in [0, 0.05) is 24.5 Å². The minimum Gasteiger partial charge on any atom is -0.457 e. The summed E-state index contributed by atoms with van der Waals surface area (Å²) in [6.07, 6.45) is 3.72. The fourth-order valence-electron chi connectivity index (χ4n) is 3.98. The van der Waals surface area contributed by atoms with Gasteiger partial charge in [-0.3, -0.25) is 4.79 Å². The highest BCUT2D eigenvalue weighted by atomic mass is 19.1. The molecule has 4 aromatic rings. The van der Waals surface area contributed by atoms with Crippen LogP contribution in [0.2, 0.25) is 0 Å². The number of hydrogen-bond donors (Lipinski definition) is 1. The number of nitrogens with zero attached hydrogens (tertiary/aromatic N) is 4. The number of carbonyl (C=O) groups excluding carboxylic acids is 1. The monoisotopic (exact) mass is 417 g/mol. The molecule has 1 aliphatic carbocycles. The summed E-state index contributed by atoms with van der Waals surface area (Å²) >= 11 is 0. The van der Waals surface area contributed by atoms with Crippen LogP contribution in [0.4, 0.5) is 10.2 Å². The van der Waals surface area contributed by atoms with E-state index >= 15 is 4.39 Å². The first kappa shape index (κ1) is 19.2. The van der Waals surface area contributed by atoms with Crippen LogP contribution in [-0.2, 0) is 4.79 Å². The number of nitrogen functional groups attached to an aromatic ring is 1. The van der Waals surface area contributed by atoms with Crippen molar-refractivity contribution in [2.24, 2.45) is 0 Å². The first-order valence-corrected chi connectivity index (χ1v) is 10.1. The van der Waals surface area contributed by atoms with Crippen molar-refractivity contribution >= 4 is 22.6 Å². The fraction of sp³-hybridized carbons (Fsp3) is 0.217. The molecule has 1 aliphatic rings. The van der Waals surface area contributed by atoms with Gasteiger partial charge in [-0.25, -0.2) is 19.0 Å². The van der Waals surface area contributed by atoms with Gasteiger partial charge in [0.15, 0.2) is 5.65 Å². The quantitative estimate of drug-likeness (QED) is 0.517. The average molecular weight is 417 g/mol. The first-order chi connectivity index (χ1) is 15.1. The van der Waals surface area contributed by atoms with E-state index in [1.165, 1.54) is 12.4 Å². The van der Waals surface area contributed by atoms with Gasteiger partial charge in [-0.15, -0.1) is 0 Å². The highest BCUT2D eigenvalue weighted by Crippen LogP contribution is 2.37. The molecular formula is C23H20FN5O2. The van der Waals surface area contributed by atoms with Gasteiger partial charge in [-0.05, 0) is 37.1 Å². The van der Waals surface area contributed by atoms with Gasteiger partial charge >= 0.3 is 0 Å². The molecule has 0 bridgehead atoms. The summed E-state index contributed by atoms with van der Waals surface area (Å²) in [5.74, 6) is 1.01. The summed E-state index contributed by atoms with van der Waals surface area (Å²) in [6.45, 7) is 0. The number of ketones is 1. The van der Waals surface area contributed by atoms with Crippen LogP contribution in [0.1, 0.15) is 31.7 Å². The normalized spacial score (nSPS) is 14.8. The Bertz CT molecular complexity index is 1260. The number of rotatable bonds is 4. The molecular weight excluding hydrogens is 397 g/mol. The molecule has 0 aliphatic heterocycles. The van der Waals surface area contributed by atoms with Gasteiger partial charge in [0.2, 0.25) is 0 Å². The van der Waals surface area contributed by atoms with Gasteiger partial charge < -0.3 is 10.5 Å². The summed E-state index contributed by atoms with van der Waals surface area (Å²) in [5, 5.41) is 5.19. The molecule has 7 nitrogen and oxygen atoms in total. The Morgan fingerprint density at radius 1 is 1.03 bits per heavy atom. The number of anilines is 1. The fourth-order valence-corrected chi connectivity index (χ4v) is 3.98. The Labute approximate surface area is 177 Å². The summed E-state index contributed by atoms with van der Waals surface area (Å²) in [6, 6.07) is 13.8. The summed E-state index contributed by atoms with van der Waals surface area (Å²) < 4.78 is 22.6. The van der Waals surface area contributed by atoms with E-state index in [2.05, 4.69) is 15.1 Å². The predicted octanol–water partition coefficient (Wildman–Crippen LogP) is 4.69. The van der Waals surface area contributed by atoms with Crippen molar-refractivity contribution in [2.75, 3.05) is 5.73 Å². The van der Waals surface area contributed by atoms with Gasteiger partial charge in [-0.1, -0.05) is 18.2 Å². The molecule has 0 unspecified atom stereocenters. The van der Waals surface area contributed by atoms with Crippen LogP contribution in [0.3, 0.4) is 0 Å². The van der Waals surface area contributed by atoms with E-state index in [1.54, 1.807) is 28.9 Å². The van der Waals surface area contributed by atoms with Crippen molar-refractivity contribution in [2.45, 2.75) is 31.7 Å². The zero-order valence-corrected chi connectivity index (χ0v) is 16.7. The molecule has 0 saturated heterocycles. The van der Waals surface area contributed by atoms with Gasteiger partial charge in [-0.2, -0.15) is 5.10 Å². The minimum absolute atomic E-state index is 0.00648. The van der Waals surface area contributed by atoms with E-state index in [9.17, 15) is 4.79 Å². The topological polar surface area (TPSA) is 95.9 Å². The number of halogens is 1. The number of fused-ring (bicyclic) bond motifs is 1. The largest absolute Gasteiger partial charge is 0.457 e. The van der Waals surface area contributed by atoms with Crippen LogP contribution >= 0.6 is 0 Å². The second kappa shape index (κ2) is 7.79. The highest BCUT2D eigenvalue weighted by molar-refractivity contribution is 5.98. The minimum atomic E-state index is -0.484. The molecule has 2 aromatic heterocycles. The summed E-state index contributed by atoms with van der Waals surface area (Å²) in [5.41, 5.74) is 7.36. The third-order valence-electron chi connectivity index (χ3n) is 5.55. The zero-order valence-electron chi connectivity index (χ0n) is 16.7. The molecule has 31 heavy (non-hydrogen) atoms. The van der Waals surface area contributed by atoms with E-state index < -0.39 is 5.82 Å². The third kappa shape index (κ3) is 3.61. The number of ether oxygens (including phenoxy) is 1. The zero-order chi connectivity index (χ0) is 21.4. The lowest BCUT2D eigenvalue weighted by molar-refractivity contribution is -0.120. The second-order valence-corrected chi connectivity index (χ2v) is 7.58. The van der Waals surface area contributed by atoms with Crippen molar-refractivity contribution in [3.8, 4) is 22.8 Å². The molecule has 0 spiro atoms. The van der Waals surface area contributed by atoms with Crippen molar-refractivity contribution in [1.29, 1.82) is 0 Å². The SMILES string of the molecule is Nc1ncnc2c1c(-c1ccc(Oc3ccccc3)cc1F)nn2C1CCC(=O)CC1. The summed E-state index contributed by atoms with van der Waals surface area (Å²) in [4.78, 5) is 20.1. The van der Waals surface area contributed by atoms with Gasteiger partial charge in [0.05, 0.1) is 11.4 Å². The molecule has 156 valence electrons. The van der Waals surface area contributed by atoms with Crippen molar-refractivity contribution in [3.05, 3.63) is 60.7 Å². The molecule has 1 saturated carbocycles. The number of para-hydroxylation sites is 1. The maximum Gasteiger partial charge on any atom is 0.164 e. The predicted molar refractivity (Wildman–Crippen MR) is 114 cm³/mol. The van der Waals surface area contributed by atoms with Crippen LogP contribution in [0.5, 0.6) is 11.5 Å². The van der Waals surface area contributed by atoms with Crippen molar-refractivity contribution < 1.29 is 13.9 Å². The van der Waals surface area contributed by atoms with Gasteiger partial charge in [0.25, 0.3) is 0 Å². The number of benzene rings is 2. The van der Waals surface area contributed by atoms with E-state index in [-0.39, 0.29) is 23.2 Å². The molecule has 0 radical (unpaired) electrons. The molecule has 1 fully saturated rings. The molecule has 8 heteroatoms. The number of carbonyl (C=O) groups is 1. The maximum atomic E-state index is 15.1. The lowest BCUT2D eigenvalue weighted by atomic mass is 9.94. The molecule has 2 heterocycles. The lowest BCUT2D eigenvalue weighted by Gasteiger charge is -2.21. The van der Waals surface area contributed by atoms with E-state index in [0.717, 1.165) is 0 Å². The van der Waals surface area contributed by atoms with Crippen LogP contribution in [0.25, 0.3) is 22.3 Å². The first-order valence-electron chi connectivity index (χ1n) is 10.1. The Balaban J connectivity index is 1.56. The molecule has 0 atom stereocenters. The Morgan fingerprint density at radius 3 is 2.55 bits per heavy atom. The Hall–Kier alpha value is -3.81. The number of Topliss-reactive ketones (excluding diaryl/α,β-unsaturated/α-hetero) is 1. The second-order valence-electron chi connectivity index (χ2n) is 7.58.